The molecule has 3 heteroatoms. The molecule has 0 spiro atoms. The molecule has 1 nitrogen and oxygen atoms in total. The van der Waals surface area contributed by atoms with Crippen molar-refractivity contribution in [2.75, 3.05) is 6.54 Å². The minimum atomic E-state index is -0.148. The lowest BCUT2D eigenvalue weighted by Crippen LogP contribution is -2.27. The fourth-order valence-corrected chi connectivity index (χ4v) is 3.01. The van der Waals surface area contributed by atoms with Crippen LogP contribution in [0.4, 0.5) is 4.39 Å². The Morgan fingerprint density at radius 3 is 2.83 bits per heavy atom. The van der Waals surface area contributed by atoms with Gasteiger partial charge in [0, 0.05) is 10.5 Å². The zero-order chi connectivity index (χ0) is 13.0. The minimum Gasteiger partial charge on any atom is -0.310 e. The molecule has 1 fully saturated rings. The Balaban J connectivity index is 2.11. The first-order valence-corrected chi connectivity index (χ1v) is 7.68. The second-order valence-electron chi connectivity index (χ2n) is 5.21. The summed E-state index contributed by atoms with van der Waals surface area (Å²) in [4.78, 5) is 0. The maximum atomic E-state index is 13.4. The van der Waals surface area contributed by atoms with Crippen LogP contribution < -0.4 is 5.32 Å². The highest BCUT2D eigenvalue weighted by Crippen LogP contribution is 2.36. The topological polar surface area (TPSA) is 12.0 Å². The maximum absolute atomic E-state index is 13.4. The number of benzene rings is 1. The Morgan fingerprint density at radius 1 is 1.44 bits per heavy atom. The van der Waals surface area contributed by atoms with E-state index in [2.05, 4.69) is 28.2 Å². The van der Waals surface area contributed by atoms with Crippen LogP contribution in [0.1, 0.15) is 50.6 Å². The first kappa shape index (κ1) is 14.0. The molecule has 1 atom stereocenters. The molecule has 1 aliphatic rings. The Morgan fingerprint density at radius 2 is 2.22 bits per heavy atom. The van der Waals surface area contributed by atoms with E-state index < -0.39 is 0 Å². The van der Waals surface area contributed by atoms with Gasteiger partial charge >= 0.3 is 0 Å². The van der Waals surface area contributed by atoms with Crippen molar-refractivity contribution >= 4 is 15.9 Å². The van der Waals surface area contributed by atoms with Crippen LogP contribution in [0.3, 0.4) is 0 Å². The number of nitrogens with one attached hydrogen (secondary N) is 1. The molecule has 0 aliphatic heterocycles. The largest absolute Gasteiger partial charge is 0.310 e. The van der Waals surface area contributed by atoms with Crippen LogP contribution in [0.2, 0.25) is 0 Å². The lowest BCUT2D eigenvalue weighted by molar-refractivity contribution is 0.260. The summed E-state index contributed by atoms with van der Waals surface area (Å²) < 4.78 is 14.4. The molecule has 1 unspecified atom stereocenters. The molecule has 18 heavy (non-hydrogen) atoms. The summed E-state index contributed by atoms with van der Waals surface area (Å²) in [5, 5.41) is 3.56. The minimum absolute atomic E-state index is 0.148. The Kier molecular flexibility index (Phi) is 5.19. The lowest BCUT2D eigenvalue weighted by atomic mass is 9.79. The Hall–Kier alpha value is -0.410. The van der Waals surface area contributed by atoms with Crippen LogP contribution in [0.25, 0.3) is 0 Å². The van der Waals surface area contributed by atoms with Crippen molar-refractivity contribution < 1.29 is 4.39 Å². The molecular weight excluding hydrogens is 293 g/mol. The number of halogens is 2. The van der Waals surface area contributed by atoms with Crippen LogP contribution in [-0.2, 0) is 0 Å². The van der Waals surface area contributed by atoms with Crippen molar-refractivity contribution in [1.82, 2.24) is 5.32 Å². The summed E-state index contributed by atoms with van der Waals surface area (Å²) in [6, 6.07) is 5.26. The summed E-state index contributed by atoms with van der Waals surface area (Å²) in [5.41, 5.74) is 1.07. The van der Waals surface area contributed by atoms with Gasteiger partial charge < -0.3 is 5.32 Å². The van der Waals surface area contributed by atoms with Gasteiger partial charge in [-0.3, -0.25) is 0 Å². The molecule has 1 saturated carbocycles. The van der Waals surface area contributed by atoms with Crippen LogP contribution in [0.15, 0.2) is 22.7 Å². The van der Waals surface area contributed by atoms with Crippen LogP contribution >= 0.6 is 15.9 Å². The zero-order valence-corrected chi connectivity index (χ0v) is 12.5. The van der Waals surface area contributed by atoms with Gasteiger partial charge in [0.05, 0.1) is 0 Å². The molecule has 100 valence electrons. The monoisotopic (exact) mass is 313 g/mol. The first-order valence-electron chi connectivity index (χ1n) is 6.89. The van der Waals surface area contributed by atoms with Gasteiger partial charge in [0.15, 0.2) is 0 Å². The summed E-state index contributed by atoms with van der Waals surface area (Å²) in [6.07, 6.45) is 6.25. The lowest BCUT2D eigenvalue weighted by Gasteiger charge is -2.31. The highest BCUT2D eigenvalue weighted by Gasteiger charge is 2.24. The summed E-state index contributed by atoms with van der Waals surface area (Å²) in [5.74, 6) is 0.666. The van der Waals surface area contributed by atoms with E-state index in [1.54, 1.807) is 6.07 Å². The molecule has 1 aliphatic carbocycles. The van der Waals surface area contributed by atoms with Crippen molar-refractivity contribution in [2.45, 2.75) is 45.1 Å². The van der Waals surface area contributed by atoms with E-state index in [1.165, 1.54) is 25.3 Å². The van der Waals surface area contributed by atoms with Gasteiger partial charge in [-0.1, -0.05) is 42.1 Å². The summed E-state index contributed by atoms with van der Waals surface area (Å²) in [6.45, 7) is 3.15. The molecule has 2 rings (SSSR count). The Bertz CT molecular complexity index is 390. The third kappa shape index (κ3) is 3.55. The molecule has 0 heterocycles. The second kappa shape index (κ2) is 6.67. The van der Waals surface area contributed by atoms with Crippen LogP contribution in [0.5, 0.6) is 0 Å². The van der Waals surface area contributed by atoms with E-state index in [0.717, 1.165) is 35.3 Å². The van der Waals surface area contributed by atoms with Gasteiger partial charge in [0.25, 0.3) is 0 Å². The average molecular weight is 314 g/mol. The third-order valence-electron chi connectivity index (χ3n) is 3.77. The fraction of sp³-hybridized carbons (Fsp3) is 0.600. The number of hydrogen-bond acceptors (Lipinski definition) is 1. The third-order valence-corrected chi connectivity index (χ3v) is 4.49. The quantitative estimate of drug-likeness (QED) is 0.794. The van der Waals surface area contributed by atoms with Gasteiger partial charge in [-0.15, -0.1) is 0 Å². The van der Waals surface area contributed by atoms with E-state index in [9.17, 15) is 4.39 Å². The number of rotatable bonds is 6. The van der Waals surface area contributed by atoms with E-state index >= 15 is 0 Å². The molecule has 0 saturated heterocycles. The fourth-order valence-electron chi connectivity index (χ4n) is 2.48. The van der Waals surface area contributed by atoms with Crippen molar-refractivity contribution in [3.63, 3.8) is 0 Å². The molecule has 0 bridgehead atoms. The molecule has 0 radical (unpaired) electrons. The summed E-state index contributed by atoms with van der Waals surface area (Å²) >= 11 is 3.55. The zero-order valence-electron chi connectivity index (χ0n) is 10.9. The van der Waals surface area contributed by atoms with E-state index in [4.69, 9.17) is 0 Å². The average Bonchev–Trinajstić information content (AvgIpc) is 2.31. The normalized spacial score (nSPS) is 17.5. The van der Waals surface area contributed by atoms with E-state index in [1.807, 2.05) is 6.07 Å². The highest BCUT2D eigenvalue weighted by atomic mass is 79.9. The molecule has 0 aromatic heterocycles. The van der Waals surface area contributed by atoms with E-state index in [-0.39, 0.29) is 11.9 Å². The van der Waals surface area contributed by atoms with E-state index in [0.29, 0.717) is 0 Å². The van der Waals surface area contributed by atoms with Crippen LogP contribution in [-0.4, -0.2) is 6.54 Å². The van der Waals surface area contributed by atoms with Gasteiger partial charge in [-0.05, 0) is 49.1 Å². The molecule has 0 amide bonds. The molecule has 1 aromatic rings. The van der Waals surface area contributed by atoms with Gasteiger partial charge in [0.1, 0.15) is 5.82 Å². The smallest absolute Gasteiger partial charge is 0.123 e. The van der Waals surface area contributed by atoms with Crippen molar-refractivity contribution in [1.29, 1.82) is 0 Å². The predicted octanol–water partition coefficient (Wildman–Crippen LogP) is 4.82. The van der Waals surface area contributed by atoms with Gasteiger partial charge in [-0.2, -0.15) is 0 Å². The van der Waals surface area contributed by atoms with Crippen molar-refractivity contribution in [2.24, 2.45) is 5.92 Å². The standard InChI is InChI=1S/C15H21BrFN/c1-2-8-18-15(9-11-4-3-5-11)13-10-12(17)6-7-14(13)16/h6-7,10-11,15,18H,2-5,8-9H2,1H3. The first-order chi connectivity index (χ1) is 8.70. The maximum Gasteiger partial charge on any atom is 0.123 e. The molecular formula is C15H21BrFN. The van der Waals surface area contributed by atoms with Crippen molar-refractivity contribution in [3.05, 3.63) is 34.1 Å². The predicted molar refractivity (Wildman–Crippen MR) is 77.1 cm³/mol. The summed E-state index contributed by atoms with van der Waals surface area (Å²) in [7, 11) is 0. The highest BCUT2D eigenvalue weighted by molar-refractivity contribution is 9.10. The van der Waals surface area contributed by atoms with Crippen LogP contribution in [0, 0.1) is 11.7 Å². The van der Waals surface area contributed by atoms with Crippen molar-refractivity contribution in [3.8, 4) is 0 Å². The SMILES string of the molecule is CCCNC(CC1CCC1)c1cc(F)ccc1Br. The van der Waals surface area contributed by atoms with Gasteiger partial charge in [-0.25, -0.2) is 4.39 Å². The van der Waals surface area contributed by atoms with Gasteiger partial charge in [0.2, 0.25) is 0 Å². The molecule has 1 aromatic carbocycles. The number of hydrogen-bond donors (Lipinski definition) is 1. The second-order valence-corrected chi connectivity index (χ2v) is 6.06. The molecule has 1 N–H and O–H groups in total. The Labute approximate surface area is 117 Å².